The Morgan fingerprint density at radius 3 is 2.28 bits per heavy atom. The lowest BCUT2D eigenvalue weighted by molar-refractivity contribution is 0.0149. The van der Waals surface area contributed by atoms with Gasteiger partial charge >= 0.3 is 0 Å². The SMILES string of the molecule is O=S(=O)(c1ccc(C2CCCCO2)cc1)C1CC1. The van der Waals surface area contributed by atoms with E-state index in [2.05, 4.69) is 0 Å². The molecule has 1 aliphatic carbocycles. The lowest BCUT2D eigenvalue weighted by atomic mass is 10.0. The molecular weight excluding hydrogens is 248 g/mol. The number of hydrogen-bond acceptors (Lipinski definition) is 3. The van der Waals surface area contributed by atoms with Crippen molar-refractivity contribution in [2.24, 2.45) is 0 Å². The molecule has 1 unspecified atom stereocenters. The number of sulfone groups is 1. The summed E-state index contributed by atoms with van der Waals surface area (Å²) in [4.78, 5) is 0.463. The van der Waals surface area contributed by atoms with Crippen LogP contribution in [0.2, 0.25) is 0 Å². The molecule has 3 rings (SSSR count). The Morgan fingerprint density at radius 2 is 1.72 bits per heavy atom. The summed E-state index contributed by atoms with van der Waals surface area (Å²) in [6.07, 6.45) is 5.13. The molecule has 0 bridgehead atoms. The first-order valence-corrected chi connectivity index (χ1v) is 8.18. The average Bonchev–Trinajstić information content (AvgIpc) is 3.25. The Hall–Kier alpha value is -0.870. The zero-order valence-corrected chi connectivity index (χ0v) is 11.2. The van der Waals surface area contributed by atoms with Crippen molar-refractivity contribution < 1.29 is 13.2 Å². The molecule has 0 spiro atoms. The largest absolute Gasteiger partial charge is 0.374 e. The van der Waals surface area contributed by atoms with Crippen molar-refractivity contribution in [3.8, 4) is 0 Å². The van der Waals surface area contributed by atoms with Crippen LogP contribution < -0.4 is 0 Å². The van der Waals surface area contributed by atoms with Crippen LogP contribution in [0.1, 0.15) is 43.8 Å². The van der Waals surface area contributed by atoms with Gasteiger partial charge < -0.3 is 4.74 Å². The monoisotopic (exact) mass is 266 g/mol. The maximum absolute atomic E-state index is 12.1. The van der Waals surface area contributed by atoms with Crippen LogP contribution in [0.4, 0.5) is 0 Å². The fourth-order valence-corrected chi connectivity index (χ4v) is 4.10. The maximum atomic E-state index is 12.1. The summed E-state index contributed by atoms with van der Waals surface area (Å²) in [5.41, 5.74) is 1.10. The van der Waals surface area contributed by atoms with Gasteiger partial charge in [-0.1, -0.05) is 12.1 Å². The second-order valence-electron chi connectivity index (χ2n) is 5.17. The molecule has 4 heteroatoms. The number of hydrogen-bond donors (Lipinski definition) is 0. The first kappa shape index (κ1) is 12.2. The van der Waals surface area contributed by atoms with E-state index in [0.29, 0.717) is 4.90 Å². The van der Waals surface area contributed by atoms with Crippen molar-refractivity contribution in [1.82, 2.24) is 0 Å². The highest BCUT2D eigenvalue weighted by Gasteiger charge is 2.36. The number of benzene rings is 1. The summed E-state index contributed by atoms with van der Waals surface area (Å²) in [7, 11) is -3.05. The van der Waals surface area contributed by atoms with E-state index in [-0.39, 0.29) is 11.4 Å². The molecule has 0 N–H and O–H groups in total. The molecule has 1 aromatic rings. The Bertz CT molecular complexity index is 508. The van der Waals surface area contributed by atoms with Crippen LogP contribution in [0.25, 0.3) is 0 Å². The van der Waals surface area contributed by atoms with Crippen molar-refractivity contribution in [2.75, 3.05) is 6.61 Å². The van der Waals surface area contributed by atoms with Crippen LogP contribution in [0, 0.1) is 0 Å². The van der Waals surface area contributed by atoms with Crippen molar-refractivity contribution in [1.29, 1.82) is 0 Å². The molecule has 1 aromatic carbocycles. The molecule has 2 aliphatic rings. The van der Waals surface area contributed by atoms with Gasteiger partial charge in [0, 0.05) is 6.61 Å². The van der Waals surface area contributed by atoms with E-state index < -0.39 is 9.84 Å². The highest BCUT2D eigenvalue weighted by atomic mass is 32.2. The van der Waals surface area contributed by atoms with Gasteiger partial charge in [0.1, 0.15) is 0 Å². The van der Waals surface area contributed by atoms with Gasteiger partial charge in [0.2, 0.25) is 0 Å². The fourth-order valence-electron chi connectivity index (χ4n) is 2.45. The predicted molar refractivity (Wildman–Crippen MR) is 69.2 cm³/mol. The topological polar surface area (TPSA) is 43.4 Å². The molecular formula is C14H18O3S. The van der Waals surface area contributed by atoms with Crippen LogP contribution in [-0.2, 0) is 14.6 Å². The fraction of sp³-hybridized carbons (Fsp3) is 0.571. The molecule has 1 atom stereocenters. The second kappa shape index (κ2) is 4.67. The first-order chi connectivity index (χ1) is 8.68. The molecule has 98 valence electrons. The smallest absolute Gasteiger partial charge is 0.181 e. The van der Waals surface area contributed by atoms with Crippen LogP contribution in [-0.4, -0.2) is 20.3 Å². The zero-order chi connectivity index (χ0) is 12.6. The van der Waals surface area contributed by atoms with Gasteiger partial charge in [-0.2, -0.15) is 0 Å². The summed E-state index contributed by atoms with van der Waals surface area (Å²) in [5.74, 6) is 0. The van der Waals surface area contributed by atoms with E-state index in [0.717, 1.165) is 37.9 Å². The normalized spacial score (nSPS) is 25.0. The minimum absolute atomic E-state index is 0.130. The van der Waals surface area contributed by atoms with Crippen molar-refractivity contribution in [2.45, 2.75) is 48.4 Å². The predicted octanol–water partition coefficient (Wildman–Crippen LogP) is 2.86. The lowest BCUT2D eigenvalue weighted by Crippen LogP contribution is -2.12. The number of ether oxygens (including phenoxy) is 1. The molecule has 0 aromatic heterocycles. The van der Waals surface area contributed by atoms with Gasteiger partial charge in [-0.25, -0.2) is 8.42 Å². The van der Waals surface area contributed by atoms with Crippen molar-refractivity contribution in [3.05, 3.63) is 29.8 Å². The Kier molecular flexibility index (Phi) is 3.16. The third kappa shape index (κ3) is 2.31. The van der Waals surface area contributed by atoms with Gasteiger partial charge in [-0.3, -0.25) is 0 Å². The summed E-state index contributed by atoms with van der Waals surface area (Å²) in [5, 5.41) is -0.130. The summed E-state index contributed by atoms with van der Waals surface area (Å²) < 4.78 is 29.8. The quantitative estimate of drug-likeness (QED) is 0.845. The van der Waals surface area contributed by atoms with E-state index in [4.69, 9.17) is 4.74 Å². The maximum Gasteiger partial charge on any atom is 0.181 e. The molecule has 1 saturated heterocycles. The summed E-state index contributed by atoms with van der Waals surface area (Å²) in [6.45, 7) is 0.812. The average molecular weight is 266 g/mol. The van der Waals surface area contributed by atoms with Gasteiger partial charge in [-0.05, 0) is 49.8 Å². The molecule has 3 nitrogen and oxygen atoms in total. The molecule has 18 heavy (non-hydrogen) atoms. The van der Waals surface area contributed by atoms with E-state index in [1.54, 1.807) is 12.1 Å². The van der Waals surface area contributed by atoms with Crippen LogP contribution >= 0.6 is 0 Å². The van der Waals surface area contributed by atoms with Crippen LogP contribution in [0.5, 0.6) is 0 Å². The minimum Gasteiger partial charge on any atom is -0.374 e. The van der Waals surface area contributed by atoms with Crippen molar-refractivity contribution in [3.63, 3.8) is 0 Å². The van der Waals surface area contributed by atoms with E-state index >= 15 is 0 Å². The van der Waals surface area contributed by atoms with E-state index in [1.807, 2.05) is 12.1 Å². The zero-order valence-electron chi connectivity index (χ0n) is 10.3. The molecule has 1 aliphatic heterocycles. The van der Waals surface area contributed by atoms with Gasteiger partial charge in [0.05, 0.1) is 16.2 Å². The van der Waals surface area contributed by atoms with Gasteiger partial charge in [0.25, 0.3) is 0 Å². The Labute approximate surface area is 108 Å². The molecule has 0 amide bonds. The molecule has 0 radical (unpaired) electrons. The lowest BCUT2D eigenvalue weighted by Gasteiger charge is -2.23. The number of rotatable bonds is 3. The highest BCUT2D eigenvalue weighted by molar-refractivity contribution is 7.92. The molecule has 1 saturated carbocycles. The van der Waals surface area contributed by atoms with E-state index in [1.165, 1.54) is 6.42 Å². The Morgan fingerprint density at radius 1 is 1.00 bits per heavy atom. The third-order valence-electron chi connectivity index (χ3n) is 3.72. The van der Waals surface area contributed by atoms with Crippen molar-refractivity contribution >= 4 is 9.84 Å². The summed E-state index contributed by atoms with van der Waals surface area (Å²) in [6, 6.07) is 7.29. The molecule has 1 heterocycles. The van der Waals surface area contributed by atoms with Gasteiger partial charge in [-0.15, -0.1) is 0 Å². The van der Waals surface area contributed by atoms with E-state index in [9.17, 15) is 8.42 Å². The highest BCUT2D eigenvalue weighted by Crippen LogP contribution is 2.34. The van der Waals surface area contributed by atoms with Gasteiger partial charge in [0.15, 0.2) is 9.84 Å². The Balaban J connectivity index is 1.80. The second-order valence-corrected chi connectivity index (χ2v) is 7.40. The minimum atomic E-state index is -3.05. The van der Waals surface area contributed by atoms with Crippen LogP contribution in [0.15, 0.2) is 29.2 Å². The molecule has 2 fully saturated rings. The third-order valence-corrected chi connectivity index (χ3v) is 6.00. The summed E-state index contributed by atoms with van der Waals surface area (Å²) >= 11 is 0. The van der Waals surface area contributed by atoms with Crippen LogP contribution in [0.3, 0.4) is 0 Å². The standard InChI is InChI=1S/C14H18O3S/c15-18(16,13-8-9-13)12-6-4-11(5-7-12)14-3-1-2-10-17-14/h4-7,13-14H,1-3,8-10H2. The first-order valence-electron chi connectivity index (χ1n) is 6.63.